The van der Waals surface area contributed by atoms with Crippen molar-refractivity contribution in [1.29, 1.82) is 5.26 Å². The third kappa shape index (κ3) is 3.00. The number of aliphatic hydroxyl groups excluding tert-OH is 1. The number of ether oxygens (including phenoxy) is 1. The molecule has 0 bridgehead atoms. The van der Waals surface area contributed by atoms with Crippen LogP contribution in [0.2, 0.25) is 0 Å². The molecule has 0 aromatic rings. The van der Waals surface area contributed by atoms with Gasteiger partial charge in [-0.2, -0.15) is 5.26 Å². The van der Waals surface area contributed by atoms with E-state index in [2.05, 4.69) is 24.7 Å². The Bertz CT molecular complexity index is 632. The second-order valence-electron chi connectivity index (χ2n) is 10.1. The summed E-state index contributed by atoms with van der Waals surface area (Å²) >= 11 is 0. The lowest BCUT2D eigenvalue weighted by Crippen LogP contribution is -2.57. The highest BCUT2D eigenvalue weighted by Crippen LogP contribution is 2.67. The molecule has 4 aliphatic rings. The van der Waals surface area contributed by atoms with Gasteiger partial charge < -0.3 is 5.11 Å². The van der Waals surface area contributed by atoms with Crippen LogP contribution < -0.4 is 0 Å². The van der Waals surface area contributed by atoms with Crippen molar-refractivity contribution in [1.82, 2.24) is 0 Å². The molecule has 152 valence electrons. The van der Waals surface area contributed by atoms with Gasteiger partial charge in [0.2, 0.25) is 0 Å². The van der Waals surface area contributed by atoms with Crippen LogP contribution >= 0.6 is 0 Å². The molecule has 6 heteroatoms. The van der Waals surface area contributed by atoms with E-state index < -0.39 is 18.6 Å². The first kappa shape index (κ1) is 19.5. The van der Waals surface area contributed by atoms with Gasteiger partial charge in [-0.05, 0) is 85.9 Å². The molecule has 27 heavy (non-hydrogen) atoms. The molecule has 0 aliphatic heterocycles. The predicted molar refractivity (Wildman–Crippen MR) is 93.1 cm³/mol. The highest BCUT2D eigenvalue weighted by molar-refractivity contribution is 5.13. The number of hydrogen-bond acceptors (Lipinski definition) is 3. The molecule has 4 rings (SSSR count). The van der Waals surface area contributed by atoms with Crippen molar-refractivity contribution < 1.29 is 23.0 Å². The Kier molecular flexibility index (Phi) is 4.59. The standard InChI is InChI=1S/C21H30F3NO2/c1-19-8-7-16-14(15(19)6-4-13(19)11-25)5-3-12-9-17(26)18(10-20(12,16)2)27-21(22,23)24/h12-18,26H,3-10H2,1-2H3/t12?,13-,14+,15?,16?,17+,18+,19-,20+/m1/s1. The summed E-state index contributed by atoms with van der Waals surface area (Å²) in [6.07, 6.45) is -0.157. The molecule has 4 saturated carbocycles. The van der Waals surface area contributed by atoms with E-state index in [0.717, 1.165) is 38.5 Å². The molecule has 1 N–H and O–H groups in total. The molecule has 0 aromatic carbocycles. The van der Waals surface area contributed by atoms with Crippen molar-refractivity contribution >= 4 is 0 Å². The number of fused-ring (bicyclic) bond motifs is 5. The first-order chi connectivity index (χ1) is 12.6. The molecule has 0 spiro atoms. The van der Waals surface area contributed by atoms with E-state index in [4.69, 9.17) is 0 Å². The van der Waals surface area contributed by atoms with Crippen LogP contribution in [-0.4, -0.2) is 23.7 Å². The SMILES string of the molecule is C[C@]12C[C@H](OC(F)(F)F)[C@@H](O)CC1CC[C@@H]1C2CC[C@@]2(C)C1CC[C@@H]2C#N. The smallest absolute Gasteiger partial charge is 0.390 e. The molecule has 0 aromatic heterocycles. The minimum Gasteiger partial charge on any atom is -0.390 e. The lowest BCUT2D eigenvalue weighted by atomic mass is 9.44. The van der Waals surface area contributed by atoms with E-state index in [0.29, 0.717) is 24.2 Å². The monoisotopic (exact) mass is 385 g/mol. The predicted octanol–water partition coefficient (Wildman–Crippen LogP) is 5.04. The maximum Gasteiger partial charge on any atom is 0.522 e. The fourth-order valence-corrected chi connectivity index (χ4v) is 7.76. The van der Waals surface area contributed by atoms with E-state index >= 15 is 0 Å². The molecule has 4 fully saturated rings. The number of alkyl halides is 3. The molecular formula is C21H30F3NO2. The summed E-state index contributed by atoms with van der Waals surface area (Å²) in [6, 6.07) is 2.53. The average molecular weight is 385 g/mol. The molecule has 3 nitrogen and oxygen atoms in total. The fourth-order valence-electron chi connectivity index (χ4n) is 7.76. The molecule has 0 heterocycles. The number of hydrogen-bond donors (Lipinski definition) is 1. The summed E-state index contributed by atoms with van der Waals surface area (Å²) in [7, 11) is 0. The van der Waals surface area contributed by atoms with Crippen LogP contribution in [0.5, 0.6) is 0 Å². The van der Waals surface area contributed by atoms with Crippen LogP contribution in [0, 0.1) is 51.8 Å². The molecule has 0 radical (unpaired) electrons. The Balaban J connectivity index is 1.59. The van der Waals surface area contributed by atoms with Gasteiger partial charge in [0.05, 0.1) is 24.2 Å². The van der Waals surface area contributed by atoms with Crippen LogP contribution in [0.25, 0.3) is 0 Å². The molecule has 0 amide bonds. The quantitative estimate of drug-likeness (QED) is 0.688. The zero-order chi connectivity index (χ0) is 19.6. The average Bonchev–Trinajstić information content (AvgIpc) is 2.91. The number of aliphatic hydroxyl groups is 1. The minimum atomic E-state index is -4.71. The van der Waals surface area contributed by atoms with Gasteiger partial charge in [-0.3, -0.25) is 4.74 Å². The molecule has 3 unspecified atom stereocenters. The topological polar surface area (TPSA) is 53.2 Å². The van der Waals surface area contributed by atoms with E-state index in [-0.39, 0.29) is 29.1 Å². The number of nitriles is 1. The van der Waals surface area contributed by atoms with Gasteiger partial charge in [0.1, 0.15) is 0 Å². The number of nitrogens with zero attached hydrogens (tertiary/aromatic N) is 1. The van der Waals surface area contributed by atoms with Gasteiger partial charge in [-0.1, -0.05) is 13.8 Å². The van der Waals surface area contributed by atoms with Crippen LogP contribution in [0.4, 0.5) is 13.2 Å². The van der Waals surface area contributed by atoms with E-state index in [9.17, 15) is 23.5 Å². The number of halogens is 3. The zero-order valence-electron chi connectivity index (χ0n) is 16.1. The highest BCUT2D eigenvalue weighted by Gasteiger charge is 2.61. The lowest BCUT2D eigenvalue weighted by molar-refractivity contribution is -0.361. The van der Waals surface area contributed by atoms with Crippen molar-refractivity contribution in [2.75, 3.05) is 0 Å². The molecule has 0 saturated heterocycles. The van der Waals surface area contributed by atoms with Crippen LogP contribution in [0.3, 0.4) is 0 Å². The Morgan fingerprint density at radius 3 is 2.41 bits per heavy atom. The van der Waals surface area contributed by atoms with Crippen LogP contribution in [0.1, 0.15) is 65.2 Å². The van der Waals surface area contributed by atoms with Gasteiger partial charge in [-0.25, -0.2) is 0 Å². The summed E-state index contributed by atoms with van der Waals surface area (Å²) in [5, 5.41) is 19.9. The van der Waals surface area contributed by atoms with Gasteiger partial charge in [-0.15, -0.1) is 13.2 Å². The Labute approximate surface area is 159 Å². The Morgan fingerprint density at radius 1 is 1.04 bits per heavy atom. The van der Waals surface area contributed by atoms with Gasteiger partial charge in [0.15, 0.2) is 0 Å². The molecular weight excluding hydrogens is 355 g/mol. The van der Waals surface area contributed by atoms with E-state index in [1.807, 2.05) is 0 Å². The summed E-state index contributed by atoms with van der Waals surface area (Å²) < 4.78 is 42.9. The number of rotatable bonds is 1. The maximum absolute atomic E-state index is 12.8. The first-order valence-corrected chi connectivity index (χ1v) is 10.4. The Morgan fingerprint density at radius 2 is 1.74 bits per heavy atom. The Hall–Kier alpha value is -0.800. The van der Waals surface area contributed by atoms with Crippen molar-refractivity contribution in [3.05, 3.63) is 0 Å². The van der Waals surface area contributed by atoms with Crippen molar-refractivity contribution in [2.45, 2.75) is 83.8 Å². The normalized spacial score (nSPS) is 52.4. The largest absolute Gasteiger partial charge is 0.522 e. The van der Waals surface area contributed by atoms with Gasteiger partial charge >= 0.3 is 6.36 Å². The summed E-state index contributed by atoms with van der Waals surface area (Å²) in [4.78, 5) is 0. The van der Waals surface area contributed by atoms with Crippen LogP contribution in [-0.2, 0) is 4.74 Å². The maximum atomic E-state index is 12.8. The van der Waals surface area contributed by atoms with Gasteiger partial charge in [0.25, 0.3) is 0 Å². The summed E-state index contributed by atoms with van der Waals surface area (Å²) in [5.41, 5.74) is -0.153. The minimum absolute atomic E-state index is 0.0646. The van der Waals surface area contributed by atoms with E-state index in [1.165, 1.54) is 0 Å². The van der Waals surface area contributed by atoms with Crippen molar-refractivity contribution in [3.8, 4) is 6.07 Å². The second kappa shape index (κ2) is 6.35. The summed E-state index contributed by atoms with van der Waals surface area (Å²) in [5.74, 6) is 1.75. The van der Waals surface area contributed by atoms with Crippen molar-refractivity contribution in [2.24, 2.45) is 40.4 Å². The molecule has 4 aliphatic carbocycles. The van der Waals surface area contributed by atoms with Crippen molar-refractivity contribution in [3.63, 3.8) is 0 Å². The molecule has 9 atom stereocenters. The second-order valence-corrected chi connectivity index (χ2v) is 10.1. The van der Waals surface area contributed by atoms with Crippen LogP contribution in [0.15, 0.2) is 0 Å². The highest BCUT2D eigenvalue weighted by atomic mass is 19.4. The fraction of sp³-hybridized carbons (Fsp3) is 0.952. The zero-order valence-corrected chi connectivity index (χ0v) is 16.1. The third-order valence-corrected chi connectivity index (χ3v) is 9.10. The first-order valence-electron chi connectivity index (χ1n) is 10.4. The van der Waals surface area contributed by atoms with E-state index in [1.54, 1.807) is 0 Å². The lowest BCUT2D eigenvalue weighted by Gasteiger charge is -2.61. The van der Waals surface area contributed by atoms with Gasteiger partial charge in [0, 0.05) is 0 Å². The third-order valence-electron chi connectivity index (χ3n) is 9.10. The summed E-state index contributed by atoms with van der Waals surface area (Å²) in [6.45, 7) is 4.41.